The normalized spacial score (nSPS) is 12.2. The van der Waals surface area contributed by atoms with E-state index in [0.29, 0.717) is 43.9 Å². The number of nitrogens with zero attached hydrogens (tertiary/aromatic N) is 3. The number of methoxy groups -OCH3 is 1. The maximum Gasteiger partial charge on any atom is 0.261 e. The molecule has 4 rings (SSSR count). The predicted octanol–water partition coefficient (Wildman–Crippen LogP) is 8.18. The number of carbonyl (C=O) groups excluding carboxylic acids is 1. The minimum Gasteiger partial charge on any atom is -0.495 e. The van der Waals surface area contributed by atoms with Gasteiger partial charge in [0.05, 0.1) is 34.2 Å². The summed E-state index contributed by atoms with van der Waals surface area (Å²) in [5.74, 6) is 1.36. The van der Waals surface area contributed by atoms with E-state index >= 15 is 0 Å². The zero-order chi connectivity index (χ0) is 31.9. The maximum atomic E-state index is 13.3. The van der Waals surface area contributed by atoms with Crippen molar-refractivity contribution >= 4 is 62.3 Å². The standard InChI is InChI=1S/C31H35Cl2N5O4S2/c1-20(2)9-7-10-21(3)38-30(22-11-8-12-24(17-22)44(40,41)37-26-14-6-5-13-25(26)33)35-36-31(38)43-19-29(39)34-27-18-23(32)15-16-28(27)42-4/h5-6,8,11-18,20-21,37H,7,9-10,19H2,1-4H3,(H,34,39)/t21-/m1/s1. The molecule has 0 saturated heterocycles. The van der Waals surface area contributed by atoms with Crippen molar-refractivity contribution in [2.45, 2.75) is 56.1 Å². The lowest BCUT2D eigenvalue weighted by Crippen LogP contribution is -2.16. The van der Waals surface area contributed by atoms with Gasteiger partial charge < -0.3 is 10.1 Å². The van der Waals surface area contributed by atoms with Gasteiger partial charge in [-0.05, 0) is 61.7 Å². The predicted molar refractivity (Wildman–Crippen MR) is 178 cm³/mol. The van der Waals surface area contributed by atoms with Gasteiger partial charge in [-0.25, -0.2) is 8.42 Å². The van der Waals surface area contributed by atoms with Crippen LogP contribution in [0.3, 0.4) is 0 Å². The Bertz CT molecular complexity index is 1710. The second-order valence-corrected chi connectivity index (χ2v) is 14.1. The molecule has 0 radical (unpaired) electrons. The molecule has 0 aliphatic heterocycles. The van der Waals surface area contributed by atoms with E-state index in [1.165, 1.54) is 24.9 Å². The quantitative estimate of drug-likeness (QED) is 0.130. The summed E-state index contributed by atoms with van der Waals surface area (Å²) in [6.45, 7) is 6.45. The van der Waals surface area contributed by atoms with E-state index < -0.39 is 10.0 Å². The van der Waals surface area contributed by atoms with E-state index in [1.807, 2.05) is 4.57 Å². The molecule has 0 bridgehead atoms. The second-order valence-electron chi connectivity index (χ2n) is 10.6. The molecule has 1 amide bonds. The third kappa shape index (κ3) is 8.68. The Labute approximate surface area is 272 Å². The van der Waals surface area contributed by atoms with Gasteiger partial charge in [-0.1, -0.05) is 85.9 Å². The lowest BCUT2D eigenvalue weighted by molar-refractivity contribution is -0.113. The van der Waals surface area contributed by atoms with Crippen LogP contribution in [-0.4, -0.2) is 42.0 Å². The number of hydrogen-bond acceptors (Lipinski definition) is 7. The van der Waals surface area contributed by atoms with Gasteiger partial charge in [-0.15, -0.1) is 10.2 Å². The van der Waals surface area contributed by atoms with Crippen molar-refractivity contribution < 1.29 is 17.9 Å². The van der Waals surface area contributed by atoms with Crippen molar-refractivity contribution in [2.24, 2.45) is 5.92 Å². The third-order valence-electron chi connectivity index (χ3n) is 6.80. The molecule has 0 saturated carbocycles. The number of ether oxygens (including phenoxy) is 1. The average molecular weight is 677 g/mol. The van der Waals surface area contributed by atoms with Gasteiger partial charge in [-0.3, -0.25) is 14.1 Å². The molecule has 0 aliphatic rings. The smallest absolute Gasteiger partial charge is 0.261 e. The number of hydrogen-bond donors (Lipinski definition) is 2. The Morgan fingerprint density at radius 1 is 0.977 bits per heavy atom. The van der Waals surface area contributed by atoms with Crippen LogP contribution in [0.25, 0.3) is 11.4 Å². The highest BCUT2D eigenvalue weighted by Crippen LogP contribution is 2.33. The number of para-hydroxylation sites is 1. The van der Waals surface area contributed by atoms with E-state index in [0.717, 1.165) is 19.3 Å². The second kappa shape index (κ2) is 15.2. The fourth-order valence-electron chi connectivity index (χ4n) is 4.56. The van der Waals surface area contributed by atoms with Gasteiger partial charge in [0.1, 0.15) is 5.75 Å². The zero-order valence-electron chi connectivity index (χ0n) is 24.9. The van der Waals surface area contributed by atoms with Crippen LogP contribution in [0, 0.1) is 5.92 Å². The molecule has 44 heavy (non-hydrogen) atoms. The van der Waals surface area contributed by atoms with E-state index in [4.69, 9.17) is 27.9 Å². The fourth-order valence-corrected chi connectivity index (χ4v) is 6.94. The summed E-state index contributed by atoms with van der Waals surface area (Å²) in [5, 5.41) is 13.0. The SMILES string of the molecule is COc1ccc(Cl)cc1NC(=O)CSc1nnc(-c2cccc(S(=O)(=O)Nc3ccccc3Cl)c2)n1[C@H](C)CCCC(C)C. The first-order valence-corrected chi connectivity index (χ1v) is 17.3. The minimum absolute atomic E-state index is 0.0150. The van der Waals surface area contributed by atoms with Crippen molar-refractivity contribution in [3.05, 3.63) is 76.8 Å². The van der Waals surface area contributed by atoms with Crippen LogP contribution in [-0.2, 0) is 14.8 Å². The number of carbonyl (C=O) groups is 1. The van der Waals surface area contributed by atoms with Gasteiger partial charge in [0.2, 0.25) is 5.91 Å². The Morgan fingerprint density at radius 2 is 1.75 bits per heavy atom. The van der Waals surface area contributed by atoms with Crippen LogP contribution in [0.2, 0.25) is 10.0 Å². The molecule has 1 heterocycles. The van der Waals surface area contributed by atoms with Crippen LogP contribution >= 0.6 is 35.0 Å². The molecular weight excluding hydrogens is 641 g/mol. The van der Waals surface area contributed by atoms with Crippen LogP contribution in [0.5, 0.6) is 5.75 Å². The third-order valence-corrected chi connectivity index (χ3v) is 9.67. The van der Waals surface area contributed by atoms with Crippen LogP contribution in [0.1, 0.15) is 46.1 Å². The Balaban J connectivity index is 1.61. The molecule has 0 unspecified atom stereocenters. The number of sulfonamides is 1. The highest BCUT2D eigenvalue weighted by atomic mass is 35.5. The van der Waals surface area contributed by atoms with Crippen LogP contribution in [0.15, 0.2) is 76.8 Å². The van der Waals surface area contributed by atoms with Crippen LogP contribution in [0.4, 0.5) is 11.4 Å². The Hall–Kier alpha value is -3.25. The van der Waals surface area contributed by atoms with Crippen molar-refractivity contribution in [3.63, 3.8) is 0 Å². The number of nitrogens with one attached hydrogen (secondary N) is 2. The van der Waals surface area contributed by atoms with Crippen molar-refractivity contribution in [1.29, 1.82) is 0 Å². The molecule has 13 heteroatoms. The van der Waals surface area contributed by atoms with Crippen molar-refractivity contribution in [2.75, 3.05) is 22.9 Å². The van der Waals surface area contributed by atoms with Gasteiger partial charge in [0.15, 0.2) is 11.0 Å². The maximum absolute atomic E-state index is 13.3. The average Bonchev–Trinajstić information content (AvgIpc) is 3.41. The molecule has 1 atom stereocenters. The fraction of sp³-hybridized carbons (Fsp3) is 0.323. The summed E-state index contributed by atoms with van der Waals surface area (Å²) in [6.07, 6.45) is 2.91. The molecule has 0 fully saturated rings. The number of aromatic nitrogens is 3. The number of benzene rings is 3. The zero-order valence-corrected chi connectivity index (χ0v) is 28.0. The summed E-state index contributed by atoms with van der Waals surface area (Å²) < 4.78 is 36.4. The number of anilines is 2. The highest BCUT2D eigenvalue weighted by molar-refractivity contribution is 7.99. The topological polar surface area (TPSA) is 115 Å². The summed E-state index contributed by atoms with van der Waals surface area (Å²) >= 11 is 13.6. The molecule has 3 aromatic carbocycles. The molecule has 4 aromatic rings. The summed E-state index contributed by atoms with van der Waals surface area (Å²) in [6, 6.07) is 18.2. The number of rotatable bonds is 14. The first-order chi connectivity index (χ1) is 21.0. The van der Waals surface area contributed by atoms with E-state index in [9.17, 15) is 13.2 Å². The van der Waals surface area contributed by atoms with Gasteiger partial charge in [0.25, 0.3) is 10.0 Å². The monoisotopic (exact) mass is 675 g/mol. The molecular formula is C31H35Cl2N5O4S2. The lowest BCUT2D eigenvalue weighted by Gasteiger charge is -2.19. The van der Waals surface area contributed by atoms with E-state index in [-0.39, 0.29) is 28.3 Å². The number of amides is 1. The number of halogens is 2. The van der Waals surface area contributed by atoms with Crippen LogP contribution < -0.4 is 14.8 Å². The molecule has 0 aliphatic carbocycles. The van der Waals surface area contributed by atoms with Gasteiger partial charge >= 0.3 is 0 Å². The first-order valence-electron chi connectivity index (χ1n) is 14.1. The van der Waals surface area contributed by atoms with E-state index in [1.54, 1.807) is 60.7 Å². The lowest BCUT2D eigenvalue weighted by atomic mass is 10.0. The summed E-state index contributed by atoms with van der Waals surface area (Å²) in [5.41, 5.74) is 1.34. The molecule has 1 aromatic heterocycles. The molecule has 9 nitrogen and oxygen atoms in total. The number of thioether (sulfide) groups is 1. The van der Waals surface area contributed by atoms with Gasteiger partial charge in [-0.2, -0.15) is 0 Å². The Kier molecular flexibility index (Phi) is 11.6. The Morgan fingerprint density at radius 3 is 2.48 bits per heavy atom. The largest absolute Gasteiger partial charge is 0.495 e. The van der Waals surface area contributed by atoms with Crippen molar-refractivity contribution in [1.82, 2.24) is 14.8 Å². The molecule has 0 spiro atoms. The molecule has 2 N–H and O–H groups in total. The first kappa shape index (κ1) is 33.6. The van der Waals surface area contributed by atoms with Gasteiger partial charge in [0, 0.05) is 16.6 Å². The van der Waals surface area contributed by atoms with Crippen molar-refractivity contribution in [3.8, 4) is 17.1 Å². The minimum atomic E-state index is -3.95. The summed E-state index contributed by atoms with van der Waals surface area (Å²) in [7, 11) is -2.43. The van der Waals surface area contributed by atoms with E-state index in [2.05, 4.69) is 41.0 Å². The molecule has 234 valence electrons. The highest BCUT2D eigenvalue weighted by Gasteiger charge is 2.23. The summed E-state index contributed by atoms with van der Waals surface area (Å²) in [4.78, 5) is 13.0.